The van der Waals surface area contributed by atoms with E-state index in [0.29, 0.717) is 6.04 Å². The lowest BCUT2D eigenvalue weighted by atomic mass is 9.99. The molecule has 0 bridgehead atoms. The highest BCUT2D eigenvalue weighted by atomic mass is 16.2. The van der Waals surface area contributed by atoms with Crippen molar-refractivity contribution in [2.45, 2.75) is 90.5 Å². The number of nitrogens with zero attached hydrogens (tertiary/aromatic N) is 1. The van der Waals surface area contributed by atoms with Crippen LogP contribution in [0.5, 0.6) is 0 Å². The lowest BCUT2D eigenvalue weighted by Crippen LogP contribution is -2.21. The standard InChI is InChI=1S/C13H16N2O.C11H19N.CH4O.H2O/c14-13(16)15-12-10-5-1-3-8(10)7-9-4-2-6-11(9)12;1-3-11-7-5-4-6-10(2)8-9-12-11;1-2;/h7H,1-6H2,(H3,14,15,16);8-9,11H,3-7H2,1-2H3;2H,1H3;1H2/b;10-8+,12-9?;;. The highest BCUT2D eigenvalue weighted by Crippen LogP contribution is 2.38. The predicted molar refractivity (Wildman–Crippen MR) is 130 cm³/mol. The molecule has 1 unspecified atom stereocenters. The van der Waals surface area contributed by atoms with Crippen molar-refractivity contribution in [3.05, 3.63) is 40.0 Å². The number of carbonyl (C=O) groups is 1. The summed E-state index contributed by atoms with van der Waals surface area (Å²) >= 11 is 0. The number of amides is 2. The van der Waals surface area contributed by atoms with Crippen molar-refractivity contribution in [1.29, 1.82) is 0 Å². The molecule has 6 heteroatoms. The summed E-state index contributed by atoms with van der Waals surface area (Å²) in [4.78, 5) is 15.6. The van der Waals surface area contributed by atoms with Crippen LogP contribution in [0.25, 0.3) is 0 Å². The number of urea groups is 1. The van der Waals surface area contributed by atoms with Crippen LogP contribution >= 0.6 is 0 Å². The SMILES string of the molecule is CCC1CCCC/C(C)=C/C=N1.CO.NC(=O)Nc1c2c(cc3c1CCC3)CCC2.O. The van der Waals surface area contributed by atoms with E-state index in [2.05, 4.69) is 36.3 Å². The average Bonchev–Trinajstić information content (AvgIpc) is 3.41. The summed E-state index contributed by atoms with van der Waals surface area (Å²) in [5, 5.41) is 9.84. The predicted octanol–water partition coefficient (Wildman–Crippen LogP) is 4.29. The number of benzene rings is 1. The van der Waals surface area contributed by atoms with Crippen LogP contribution < -0.4 is 11.1 Å². The third-order valence-electron chi connectivity index (χ3n) is 6.21. The van der Waals surface area contributed by atoms with Gasteiger partial charge in [-0.25, -0.2) is 4.79 Å². The number of aryl methyl sites for hydroxylation is 2. The average molecular weight is 432 g/mol. The highest BCUT2D eigenvalue weighted by molar-refractivity contribution is 5.90. The second-order valence-electron chi connectivity index (χ2n) is 8.34. The van der Waals surface area contributed by atoms with E-state index in [4.69, 9.17) is 10.8 Å². The zero-order valence-electron chi connectivity index (χ0n) is 19.5. The summed E-state index contributed by atoms with van der Waals surface area (Å²) in [5.74, 6) is 0. The number of allylic oxidation sites excluding steroid dienone is 2. The molecule has 1 heterocycles. The Kier molecular flexibility index (Phi) is 12.1. The monoisotopic (exact) mass is 431 g/mol. The minimum absolute atomic E-state index is 0. The maximum absolute atomic E-state index is 11.1. The number of carbonyl (C=O) groups excluding carboxylic acids is 1. The van der Waals surface area contributed by atoms with Crippen LogP contribution in [-0.2, 0) is 25.7 Å². The van der Waals surface area contributed by atoms with E-state index >= 15 is 0 Å². The highest BCUT2D eigenvalue weighted by Gasteiger charge is 2.24. The van der Waals surface area contributed by atoms with E-state index in [1.165, 1.54) is 72.8 Å². The van der Waals surface area contributed by atoms with Gasteiger partial charge in [0.25, 0.3) is 0 Å². The van der Waals surface area contributed by atoms with Gasteiger partial charge in [0.05, 0.1) is 0 Å². The van der Waals surface area contributed by atoms with Crippen LogP contribution in [0, 0.1) is 0 Å². The molecule has 0 aromatic heterocycles. The third kappa shape index (κ3) is 7.78. The molecule has 0 fully saturated rings. The van der Waals surface area contributed by atoms with Crippen LogP contribution in [0.4, 0.5) is 10.5 Å². The van der Waals surface area contributed by atoms with Crippen molar-refractivity contribution >= 4 is 17.9 Å². The smallest absolute Gasteiger partial charge is 0.316 e. The van der Waals surface area contributed by atoms with Crippen molar-refractivity contribution in [2.75, 3.05) is 12.4 Å². The number of primary amides is 1. The molecule has 1 atom stereocenters. The molecule has 0 radical (unpaired) electrons. The lowest BCUT2D eigenvalue weighted by molar-refractivity contribution is 0.259. The van der Waals surface area contributed by atoms with Gasteiger partial charge in [0, 0.05) is 25.1 Å². The van der Waals surface area contributed by atoms with E-state index in [1.54, 1.807) is 0 Å². The van der Waals surface area contributed by atoms with Crippen LogP contribution in [0.2, 0.25) is 0 Å². The van der Waals surface area contributed by atoms with Gasteiger partial charge >= 0.3 is 6.03 Å². The Hall–Kier alpha value is -2.18. The molecule has 2 amide bonds. The normalized spacial score (nSPS) is 20.5. The fourth-order valence-electron chi connectivity index (χ4n) is 4.63. The second-order valence-corrected chi connectivity index (χ2v) is 8.34. The molecule has 6 nitrogen and oxygen atoms in total. The fourth-order valence-corrected chi connectivity index (χ4v) is 4.63. The molecular weight excluding hydrogens is 390 g/mol. The molecule has 0 saturated carbocycles. The third-order valence-corrected chi connectivity index (χ3v) is 6.21. The molecule has 0 spiro atoms. The Balaban J connectivity index is 0.000000289. The fraction of sp³-hybridized carbons (Fsp3) is 0.600. The van der Waals surface area contributed by atoms with Crippen molar-refractivity contribution in [2.24, 2.45) is 10.7 Å². The summed E-state index contributed by atoms with van der Waals surface area (Å²) in [5.41, 5.74) is 13.3. The Labute approximate surface area is 187 Å². The van der Waals surface area contributed by atoms with Crippen molar-refractivity contribution in [1.82, 2.24) is 0 Å². The van der Waals surface area contributed by atoms with E-state index < -0.39 is 6.03 Å². The van der Waals surface area contributed by atoms with Gasteiger partial charge < -0.3 is 21.6 Å². The number of aliphatic hydroxyl groups is 1. The minimum atomic E-state index is -0.436. The maximum atomic E-state index is 11.1. The number of nitrogens with one attached hydrogen (secondary N) is 1. The van der Waals surface area contributed by atoms with Crippen molar-refractivity contribution in [3.8, 4) is 0 Å². The molecular formula is C25H41N3O3. The second kappa shape index (κ2) is 14.0. The minimum Gasteiger partial charge on any atom is -0.412 e. The van der Waals surface area contributed by atoms with Gasteiger partial charge in [-0.15, -0.1) is 0 Å². The maximum Gasteiger partial charge on any atom is 0.316 e. The molecule has 1 aromatic carbocycles. The molecule has 31 heavy (non-hydrogen) atoms. The molecule has 4 rings (SSSR count). The van der Waals surface area contributed by atoms with Crippen LogP contribution in [0.3, 0.4) is 0 Å². The molecule has 0 saturated heterocycles. The van der Waals surface area contributed by atoms with Gasteiger partial charge in [0.15, 0.2) is 0 Å². The topological polar surface area (TPSA) is 119 Å². The molecule has 6 N–H and O–H groups in total. The Morgan fingerprint density at radius 3 is 2.23 bits per heavy atom. The number of rotatable bonds is 2. The summed E-state index contributed by atoms with van der Waals surface area (Å²) in [6.45, 7) is 4.41. The molecule has 3 aliphatic rings. The number of anilines is 1. The lowest BCUT2D eigenvalue weighted by Gasteiger charge is -2.14. The zero-order valence-corrected chi connectivity index (χ0v) is 19.5. The van der Waals surface area contributed by atoms with Crippen molar-refractivity contribution in [3.63, 3.8) is 0 Å². The van der Waals surface area contributed by atoms with Crippen LogP contribution in [-0.4, -0.2) is 36.0 Å². The first-order valence-corrected chi connectivity index (χ1v) is 11.4. The molecule has 2 aliphatic carbocycles. The number of fused-ring (bicyclic) bond motifs is 2. The van der Waals surface area contributed by atoms with E-state index in [0.717, 1.165) is 38.5 Å². The number of aliphatic hydroxyl groups excluding tert-OH is 1. The zero-order chi connectivity index (χ0) is 21.9. The number of hydrogen-bond acceptors (Lipinski definition) is 3. The van der Waals surface area contributed by atoms with E-state index in [9.17, 15) is 4.79 Å². The summed E-state index contributed by atoms with van der Waals surface area (Å²) < 4.78 is 0. The van der Waals surface area contributed by atoms with Crippen LogP contribution in [0.15, 0.2) is 22.7 Å². The first-order chi connectivity index (χ1) is 14.6. The molecule has 174 valence electrons. The quantitative estimate of drug-likeness (QED) is 0.647. The van der Waals surface area contributed by atoms with Crippen LogP contribution in [0.1, 0.15) is 81.0 Å². The van der Waals surface area contributed by atoms with Gasteiger partial charge in [-0.3, -0.25) is 4.99 Å². The van der Waals surface area contributed by atoms with Gasteiger partial charge in [-0.05, 0) is 99.5 Å². The first-order valence-electron chi connectivity index (χ1n) is 11.4. The Morgan fingerprint density at radius 2 is 1.68 bits per heavy atom. The van der Waals surface area contributed by atoms with Gasteiger partial charge in [0.1, 0.15) is 0 Å². The first kappa shape index (κ1) is 26.9. The Bertz CT molecular complexity index is 740. The van der Waals surface area contributed by atoms with Gasteiger partial charge in [-0.2, -0.15) is 0 Å². The largest absolute Gasteiger partial charge is 0.412 e. The summed E-state index contributed by atoms with van der Waals surface area (Å²) in [6.07, 6.45) is 17.4. The van der Waals surface area contributed by atoms with Gasteiger partial charge in [0.2, 0.25) is 0 Å². The number of aliphatic imine (C=N–C) groups is 1. The van der Waals surface area contributed by atoms with Gasteiger partial charge in [-0.1, -0.05) is 25.0 Å². The number of hydrogen-bond donors (Lipinski definition) is 3. The molecule has 1 aliphatic heterocycles. The molecule has 1 aromatic rings. The van der Waals surface area contributed by atoms with E-state index in [1.807, 2.05) is 6.21 Å². The van der Waals surface area contributed by atoms with E-state index in [-0.39, 0.29) is 5.48 Å². The van der Waals surface area contributed by atoms with Crippen molar-refractivity contribution < 1.29 is 15.4 Å². The number of nitrogens with two attached hydrogens (primary N) is 1. The Morgan fingerprint density at radius 1 is 1.06 bits per heavy atom. The summed E-state index contributed by atoms with van der Waals surface area (Å²) in [6, 6.07) is 2.48. The summed E-state index contributed by atoms with van der Waals surface area (Å²) in [7, 11) is 1.00.